The second kappa shape index (κ2) is 9.59. The molecule has 5 saturated carbocycles. The molecule has 1 unspecified atom stereocenters. The number of hydrogen-bond acceptors (Lipinski definition) is 4. The molecule has 1 aliphatic heterocycles. The molecule has 0 spiro atoms. The SMILES string of the molecule is O=C(O)c1cccc(C2=NCSC2c2nc(C3CCCCC3)[nH]c2CCC23CC4CC(CC(C4)C2)C3)c1. The summed E-state index contributed by atoms with van der Waals surface area (Å²) in [5.74, 6) is 4.50. The Morgan fingerprint density at radius 3 is 2.49 bits per heavy atom. The van der Waals surface area contributed by atoms with Crippen molar-refractivity contribution in [1.29, 1.82) is 0 Å². The number of aliphatic imine (C=N–C) groups is 1. The van der Waals surface area contributed by atoms with E-state index in [1.807, 2.05) is 23.9 Å². The molecule has 0 amide bonds. The summed E-state index contributed by atoms with van der Waals surface area (Å²) >= 11 is 1.84. The third kappa shape index (κ3) is 4.57. The standard InChI is InChI=1S/C31H39N3O2S/c35-30(36)24-8-4-7-23(14-24)26-28(37-18-32-26)27-25(33-29(34-27)22-5-2-1-3-6-22)9-10-31-15-19-11-20(16-31)13-21(12-19)17-31/h4,7-8,14,19-22,28H,1-3,5-6,9-13,15-18H2,(H,33,34)(H,35,36). The second-order valence-corrected chi connectivity index (χ2v) is 13.9. The number of nitrogens with zero attached hydrogens (tertiary/aromatic N) is 2. The van der Waals surface area contributed by atoms with Crippen molar-refractivity contribution in [2.45, 2.75) is 94.6 Å². The predicted molar refractivity (Wildman–Crippen MR) is 148 cm³/mol. The molecule has 5 aliphatic carbocycles. The van der Waals surface area contributed by atoms with Crippen LogP contribution in [0, 0.1) is 23.2 Å². The molecule has 5 fully saturated rings. The first-order chi connectivity index (χ1) is 18.1. The predicted octanol–water partition coefficient (Wildman–Crippen LogP) is 7.54. The van der Waals surface area contributed by atoms with Crippen molar-refractivity contribution >= 4 is 23.4 Å². The molecule has 2 aromatic rings. The molecule has 6 aliphatic rings. The number of nitrogens with one attached hydrogen (secondary N) is 1. The number of rotatable bonds is 7. The van der Waals surface area contributed by atoms with Gasteiger partial charge in [-0.05, 0) is 105 Å². The molecule has 1 atom stereocenters. The number of imidazole rings is 1. The smallest absolute Gasteiger partial charge is 0.335 e. The summed E-state index contributed by atoms with van der Waals surface area (Å²) in [4.78, 5) is 25.7. The van der Waals surface area contributed by atoms with Crippen LogP contribution in [0.3, 0.4) is 0 Å². The summed E-state index contributed by atoms with van der Waals surface area (Å²) in [5, 5.41) is 9.62. The Morgan fingerprint density at radius 1 is 1.05 bits per heavy atom. The number of hydrogen-bond donors (Lipinski definition) is 2. The Morgan fingerprint density at radius 2 is 1.78 bits per heavy atom. The molecule has 196 valence electrons. The van der Waals surface area contributed by atoms with Gasteiger partial charge in [0.1, 0.15) is 5.82 Å². The van der Waals surface area contributed by atoms with Gasteiger partial charge < -0.3 is 10.1 Å². The molecule has 1 aromatic carbocycles. The lowest BCUT2D eigenvalue weighted by atomic mass is 9.48. The molecular weight excluding hydrogens is 478 g/mol. The van der Waals surface area contributed by atoms with E-state index in [1.165, 1.54) is 94.3 Å². The van der Waals surface area contributed by atoms with Crippen molar-refractivity contribution in [3.8, 4) is 0 Å². The van der Waals surface area contributed by atoms with Crippen molar-refractivity contribution in [3.63, 3.8) is 0 Å². The number of thioether (sulfide) groups is 1. The second-order valence-electron chi connectivity index (χ2n) is 12.8. The number of carboxylic acid groups (broad SMARTS) is 1. The fourth-order valence-electron chi connectivity index (χ4n) is 9.01. The van der Waals surface area contributed by atoms with Crippen LogP contribution in [0.4, 0.5) is 0 Å². The summed E-state index contributed by atoms with van der Waals surface area (Å²) in [6, 6.07) is 7.29. The van der Waals surface area contributed by atoms with Crippen LogP contribution in [0.15, 0.2) is 29.3 Å². The lowest BCUT2D eigenvalue weighted by Gasteiger charge is -2.57. The van der Waals surface area contributed by atoms with Crippen molar-refractivity contribution in [3.05, 3.63) is 52.6 Å². The van der Waals surface area contributed by atoms with E-state index in [4.69, 9.17) is 9.98 Å². The van der Waals surface area contributed by atoms with Crippen molar-refractivity contribution < 1.29 is 9.90 Å². The van der Waals surface area contributed by atoms with Crippen LogP contribution in [0.5, 0.6) is 0 Å². The van der Waals surface area contributed by atoms with Gasteiger partial charge in [-0.3, -0.25) is 4.99 Å². The minimum Gasteiger partial charge on any atom is -0.478 e. The Hall–Kier alpha value is -2.08. The quantitative estimate of drug-likeness (QED) is 0.398. The third-order valence-corrected chi connectivity index (χ3v) is 11.3. The molecule has 4 bridgehead atoms. The summed E-state index contributed by atoms with van der Waals surface area (Å²) in [5.41, 5.74) is 5.29. The highest BCUT2D eigenvalue weighted by Crippen LogP contribution is 2.61. The van der Waals surface area contributed by atoms with E-state index >= 15 is 0 Å². The number of aromatic amines is 1. The molecule has 2 N–H and O–H groups in total. The van der Waals surface area contributed by atoms with Crippen molar-refractivity contribution in [2.75, 3.05) is 5.88 Å². The summed E-state index contributed by atoms with van der Waals surface area (Å²) in [7, 11) is 0. The molecular formula is C31H39N3O2S. The van der Waals surface area contributed by atoms with Gasteiger partial charge in [0, 0.05) is 11.6 Å². The highest BCUT2D eigenvalue weighted by atomic mass is 32.2. The van der Waals surface area contributed by atoms with E-state index in [2.05, 4.69) is 4.98 Å². The van der Waals surface area contributed by atoms with E-state index < -0.39 is 5.97 Å². The zero-order chi connectivity index (χ0) is 25.0. The van der Waals surface area contributed by atoms with Gasteiger partial charge in [-0.1, -0.05) is 31.4 Å². The van der Waals surface area contributed by atoms with Gasteiger partial charge in [0.25, 0.3) is 0 Å². The molecule has 1 aromatic heterocycles. The van der Waals surface area contributed by atoms with Crippen LogP contribution in [0.25, 0.3) is 0 Å². The normalized spacial score (nSPS) is 33.1. The van der Waals surface area contributed by atoms with Crippen molar-refractivity contribution in [2.24, 2.45) is 28.2 Å². The number of aromatic nitrogens is 2. The lowest BCUT2D eigenvalue weighted by molar-refractivity contribution is -0.0570. The maximum absolute atomic E-state index is 11.6. The van der Waals surface area contributed by atoms with Crippen molar-refractivity contribution in [1.82, 2.24) is 9.97 Å². The number of carbonyl (C=O) groups is 1. The number of aromatic carboxylic acids is 1. The fraction of sp³-hybridized carbons (Fsp3) is 0.645. The average Bonchev–Trinajstić information content (AvgIpc) is 3.55. The Balaban J connectivity index is 1.19. The Bertz CT molecular complexity index is 1180. The maximum Gasteiger partial charge on any atom is 0.335 e. The number of aryl methyl sites for hydroxylation is 1. The highest BCUT2D eigenvalue weighted by Gasteiger charge is 2.50. The van der Waals surface area contributed by atoms with Gasteiger partial charge in [0.2, 0.25) is 0 Å². The monoisotopic (exact) mass is 517 g/mol. The maximum atomic E-state index is 11.6. The van der Waals surface area contributed by atoms with E-state index in [9.17, 15) is 9.90 Å². The van der Waals surface area contributed by atoms with Gasteiger partial charge in [0.15, 0.2) is 0 Å². The summed E-state index contributed by atoms with van der Waals surface area (Å²) < 4.78 is 0. The van der Waals surface area contributed by atoms with Crippen LogP contribution >= 0.6 is 11.8 Å². The lowest BCUT2D eigenvalue weighted by Crippen LogP contribution is -2.46. The zero-order valence-electron chi connectivity index (χ0n) is 21.8. The molecule has 0 radical (unpaired) electrons. The van der Waals surface area contributed by atoms with Gasteiger partial charge >= 0.3 is 5.97 Å². The molecule has 8 rings (SSSR count). The van der Waals surface area contributed by atoms with Gasteiger partial charge in [-0.15, -0.1) is 11.8 Å². The van der Waals surface area contributed by atoms with Crippen LogP contribution in [-0.2, 0) is 6.42 Å². The number of carboxylic acids is 1. The van der Waals surface area contributed by atoms with E-state index in [0.717, 1.165) is 35.4 Å². The Labute approximate surface area is 224 Å². The van der Waals surface area contributed by atoms with Crippen LogP contribution < -0.4 is 0 Å². The Kier molecular flexibility index (Phi) is 6.22. The first kappa shape index (κ1) is 24.0. The molecule has 37 heavy (non-hydrogen) atoms. The molecule has 6 heteroatoms. The van der Waals surface area contributed by atoms with Crippen LogP contribution in [0.2, 0.25) is 0 Å². The average molecular weight is 518 g/mol. The molecule has 5 nitrogen and oxygen atoms in total. The summed E-state index contributed by atoms with van der Waals surface area (Å²) in [6.45, 7) is 0. The van der Waals surface area contributed by atoms with E-state index in [0.29, 0.717) is 22.8 Å². The van der Waals surface area contributed by atoms with Gasteiger partial charge in [-0.25, -0.2) is 9.78 Å². The number of H-pyrrole nitrogens is 1. The van der Waals surface area contributed by atoms with Gasteiger partial charge in [0.05, 0.1) is 28.1 Å². The third-order valence-electron chi connectivity index (χ3n) is 10.3. The highest BCUT2D eigenvalue weighted by molar-refractivity contribution is 8.00. The van der Waals surface area contributed by atoms with Crippen LogP contribution in [-0.4, -0.2) is 32.6 Å². The topological polar surface area (TPSA) is 78.3 Å². The minimum absolute atomic E-state index is 0.0731. The first-order valence-electron chi connectivity index (χ1n) is 14.6. The largest absolute Gasteiger partial charge is 0.478 e. The summed E-state index contributed by atoms with van der Waals surface area (Å²) in [6.07, 6.45) is 17.6. The van der Waals surface area contributed by atoms with E-state index in [1.54, 1.807) is 12.1 Å². The minimum atomic E-state index is -0.889. The van der Waals surface area contributed by atoms with Crippen LogP contribution in [0.1, 0.15) is 121 Å². The zero-order valence-corrected chi connectivity index (χ0v) is 22.6. The molecule has 0 saturated heterocycles. The fourth-order valence-corrected chi connectivity index (χ4v) is 10.1. The first-order valence-corrected chi connectivity index (χ1v) is 15.7. The van der Waals surface area contributed by atoms with Gasteiger partial charge in [-0.2, -0.15) is 0 Å². The van der Waals surface area contributed by atoms with E-state index in [-0.39, 0.29) is 5.25 Å². The number of benzene rings is 1. The molecule has 2 heterocycles.